The van der Waals surface area contributed by atoms with Crippen molar-refractivity contribution in [1.82, 2.24) is 0 Å². The van der Waals surface area contributed by atoms with Crippen LogP contribution in [0.25, 0.3) is 0 Å². The maximum Gasteiger partial charge on any atom is 0.306 e. The van der Waals surface area contributed by atoms with Crippen molar-refractivity contribution in [3.8, 4) is 0 Å². The Morgan fingerprint density at radius 2 is 0.684 bits per heavy atom. The molecule has 0 aromatic carbocycles. The molecule has 0 rings (SSSR count). The van der Waals surface area contributed by atoms with E-state index in [9.17, 15) is 19.5 Å². The Kier molecular flexibility index (Phi) is 58.7. The number of unbranched alkanes of at least 4 members (excludes halogenated alkanes) is 37. The van der Waals surface area contributed by atoms with Gasteiger partial charge in [0.2, 0.25) is 0 Å². The number of likely N-dealkylation sites (N-methyl/N-ethyl adjacent to an activating group) is 1. The molecule has 0 aliphatic carbocycles. The summed E-state index contributed by atoms with van der Waals surface area (Å²) in [7, 11) is 5.93. The summed E-state index contributed by atoms with van der Waals surface area (Å²) in [6.45, 7) is 4.76. The van der Waals surface area contributed by atoms with Crippen molar-refractivity contribution in [1.29, 1.82) is 0 Å². The highest BCUT2D eigenvalue weighted by Gasteiger charge is 2.22. The average Bonchev–Trinajstić information content (AvgIpc) is 3.42. The highest BCUT2D eigenvalue weighted by Crippen LogP contribution is 2.17. The zero-order valence-corrected chi connectivity index (χ0v) is 52.5. The molecule has 460 valence electrons. The number of carboxylic acids is 1. The minimum absolute atomic E-state index is 0.147. The first-order valence-electron chi connectivity index (χ1n) is 33.4. The summed E-state index contributed by atoms with van der Waals surface area (Å²) in [5.74, 6) is -2.27. The quantitative estimate of drug-likeness (QED) is 0.0195. The summed E-state index contributed by atoms with van der Waals surface area (Å²) in [5.41, 5.74) is 0. The first-order chi connectivity index (χ1) is 38.6. The van der Waals surface area contributed by atoms with E-state index < -0.39 is 24.3 Å². The number of ether oxygens (including phenoxy) is 4. The van der Waals surface area contributed by atoms with Gasteiger partial charge in [-0.15, -0.1) is 0 Å². The summed E-state index contributed by atoms with van der Waals surface area (Å²) >= 11 is 0. The van der Waals surface area contributed by atoms with Gasteiger partial charge in [0.05, 0.1) is 40.3 Å². The molecule has 0 radical (unpaired) electrons. The second-order valence-corrected chi connectivity index (χ2v) is 23.8. The fourth-order valence-corrected chi connectivity index (χ4v) is 9.58. The number of esters is 2. The van der Waals surface area contributed by atoms with E-state index in [0.29, 0.717) is 23.9 Å². The number of allylic oxidation sites excluding steroid dienone is 10. The summed E-state index contributed by atoms with van der Waals surface area (Å²) in [4.78, 5) is 37.4. The number of quaternary nitrogens is 1. The smallest absolute Gasteiger partial charge is 0.306 e. The minimum atomic E-state index is -1.62. The topological polar surface area (TPSA) is 111 Å². The summed E-state index contributed by atoms with van der Waals surface area (Å²) in [6.07, 6.45) is 75.7. The standard InChI is InChI=1S/C70H127NO8/c1-6-8-10-12-14-16-18-20-22-24-26-28-30-32-33-34-35-37-39-41-43-45-47-49-51-53-55-57-59-61-68(73)79-66(65-78-70(69(74)75)76-63-62-71(3,4)5)64-77-67(72)60-58-56-54-52-50-48-46-44-42-40-38-36-31-29-27-25-23-21-19-17-15-13-11-9-7-2/h18-21,24-27,30,32,66,70H,6-17,22-23,28-29,31,33-65H2,1-5H3/b20-18-,21-19-,26-24-,27-25-,32-30-. The lowest BCUT2D eigenvalue weighted by Crippen LogP contribution is -2.44. The lowest BCUT2D eigenvalue weighted by molar-refractivity contribution is -0.870. The van der Waals surface area contributed by atoms with Gasteiger partial charge in [0.1, 0.15) is 13.2 Å². The van der Waals surface area contributed by atoms with Crippen LogP contribution in [0.3, 0.4) is 0 Å². The Morgan fingerprint density at radius 3 is 1.01 bits per heavy atom. The molecular weight excluding hydrogens is 983 g/mol. The zero-order chi connectivity index (χ0) is 57.6. The Morgan fingerprint density at radius 1 is 0.380 bits per heavy atom. The van der Waals surface area contributed by atoms with Crippen molar-refractivity contribution in [2.24, 2.45) is 0 Å². The molecule has 0 heterocycles. The Bertz CT molecular complexity index is 1480. The third-order valence-corrected chi connectivity index (χ3v) is 14.7. The predicted octanol–water partition coefficient (Wildman–Crippen LogP) is 19.0. The van der Waals surface area contributed by atoms with Gasteiger partial charge in [-0.25, -0.2) is 0 Å². The van der Waals surface area contributed by atoms with Crippen LogP contribution in [0.15, 0.2) is 60.8 Å². The van der Waals surface area contributed by atoms with Crippen LogP contribution in [0.2, 0.25) is 0 Å². The molecule has 2 unspecified atom stereocenters. The lowest BCUT2D eigenvalue weighted by Gasteiger charge is -2.26. The highest BCUT2D eigenvalue weighted by atomic mass is 16.7. The molecule has 0 saturated heterocycles. The molecule has 9 nitrogen and oxygen atoms in total. The normalized spacial score (nSPS) is 13.1. The number of carbonyl (C=O) groups is 3. The van der Waals surface area contributed by atoms with Gasteiger partial charge in [-0.1, -0.05) is 274 Å². The zero-order valence-electron chi connectivity index (χ0n) is 52.5. The van der Waals surface area contributed by atoms with Gasteiger partial charge in [0.25, 0.3) is 0 Å². The second-order valence-electron chi connectivity index (χ2n) is 23.8. The molecule has 0 aromatic rings. The third kappa shape index (κ3) is 62.4. The Balaban J connectivity index is 4.14. The monoisotopic (exact) mass is 1110 g/mol. The van der Waals surface area contributed by atoms with E-state index in [1.807, 2.05) is 21.1 Å². The maximum absolute atomic E-state index is 12.9. The molecule has 0 spiro atoms. The molecule has 0 aromatic heterocycles. The number of rotatable bonds is 62. The van der Waals surface area contributed by atoms with Gasteiger partial charge in [-0.05, 0) is 83.5 Å². The number of nitrogens with zero attached hydrogens (tertiary/aromatic N) is 1. The van der Waals surface area contributed by atoms with Crippen LogP contribution >= 0.6 is 0 Å². The van der Waals surface area contributed by atoms with Crippen LogP contribution in [0.4, 0.5) is 0 Å². The summed E-state index contributed by atoms with van der Waals surface area (Å²) in [5, 5.41) is 11.8. The van der Waals surface area contributed by atoms with Crippen LogP contribution in [-0.2, 0) is 33.3 Å². The van der Waals surface area contributed by atoms with Gasteiger partial charge in [0, 0.05) is 12.8 Å². The average molecular weight is 1110 g/mol. The first-order valence-corrected chi connectivity index (χ1v) is 33.4. The van der Waals surface area contributed by atoms with E-state index in [-0.39, 0.29) is 32.2 Å². The molecule has 0 amide bonds. The van der Waals surface area contributed by atoms with E-state index >= 15 is 0 Å². The van der Waals surface area contributed by atoms with Gasteiger partial charge in [0.15, 0.2) is 12.4 Å². The third-order valence-electron chi connectivity index (χ3n) is 14.7. The fourth-order valence-electron chi connectivity index (χ4n) is 9.58. The van der Waals surface area contributed by atoms with Gasteiger partial charge < -0.3 is 33.3 Å². The van der Waals surface area contributed by atoms with Crippen LogP contribution in [0.1, 0.15) is 309 Å². The SMILES string of the molecule is CCCCCCC/C=C\C/C=C\C/C=C\CCCCCCCCCCCCCCCCC(=O)OC(COC(=O)CCCCCCCCCCCCCCC/C=C\C/C=C\CCCCCCC)COC(OCC[N+](C)(C)C)C(=O)[O-]. The molecular formula is C70H127NO8. The van der Waals surface area contributed by atoms with E-state index in [1.54, 1.807) is 0 Å². The van der Waals surface area contributed by atoms with Crippen LogP contribution in [0, 0.1) is 0 Å². The number of aliphatic carboxylic acids is 1. The summed E-state index contributed by atoms with van der Waals surface area (Å²) < 4.78 is 22.8. The van der Waals surface area contributed by atoms with E-state index in [4.69, 9.17) is 18.9 Å². The van der Waals surface area contributed by atoms with Crippen molar-refractivity contribution in [3.05, 3.63) is 60.8 Å². The molecule has 0 aliphatic heterocycles. The Hall–Kier alpha value is -3.01. The fraction of sp³-hybridized carbons (Fsp3) is 0.814. The van der Waals surface area contributed by atoms with Crippen molar-refractivity contribution in [3.63, 3.8) is 0 Å². The number of hydrogen-bond acceptors (Lipinski definition) is 8. The van der Waals surface area contributed by atoms with Crippen molar-refractivity contribution in [2.45, 2.75) is 322 Å². The number of carboxylic acid groups (broad SMARTS) is 1. The van der Waals surface area contributed by atoms with E-state index in [0.717, 1.165) is 51.4 Å². The Labute approximate surface area is 488 Å². The van der Waals surface area contributed by atoms with Crippen LogP contribution in [0.5, 0.6) is 0 Å². The van der Waals surface area contributed by atoms with Crippen LogP contribution in [-0.4, -0.2) is 82.3 Å². The molecule has 9 heteroatoms. The van der Waals surface area contributed by atoms with Crippen LogP contribution < -0.4 is 5.11 Å². The lowest BCUT2D eigenvalue weighted by atomic mass is 10.0. The molecule has 0 N–H and O–H groups in total. The largest absolute Gasteiger partial charge is 0.545 e. The number of hydrogen-bond donors (Lipinski definition) is 0. The first kappa shape index (κ1) is 76.0. The number of carbonyl (C=O) groups excluding carboxylic acids is 3. The maximum atomic E-state index is 12.9. The molecule has 2 atom stereocenters. The molecule has 0 fully saturated rings. The van der Waals surface area contributed by atoms with E-state index in [1.165, 1.54) is 225 Å². The van der Waals surface area contributed by atoms with Crippen molar-refractivity contribution in [2.75, 3.05) is 47.5 Å². The molecule has 79 heavy (non-hydrogen) atoms. The van der Waals surface area contributed by atoms with Gasteiger partial charge >= 0.3 is 11.9 Å². The van der Waals surface area contributed by atoms with Gasteiger partial charge in [-0.3, -0.25) is 9.59 Å². The molecule has 0 aliphatic rings. The summed E-state index contributed by atoms with van der Waals surface area (Å²) in [6, 6.07) is 0. The molecule has 0 saturated carbocycles. The highest BCUT2D eigenvalue weighted by molar-refractivity contribution is 5.70. The van der Waals surface area contributed by atoms with E-state index in [2.05, 4.69) is 74.6 Å². The van der Waals surface area contributed by atoms with Gasteiger partial charge in [-0.2, -0.15) is 0 Å². The second kappa shape index (κ2) is 61.1. The van der Waals surface area contributed by atoms with Crippen molar-refractivity contribution >= 4 is 17.9 Å². The predicted molar refractivity (Wildman–Crippen MR) is 334 cm³/mol. The minimum Gasteiger partial charge on any atom is -0.545 e. The molecule has 0 bridgehead atoms. The van der Waals surface area contributed by atoms with Crippen molar-refractivity contribution < 1.29 is 42.9 Å².